The van der Waals surface area contributed by atoms with Crippen molar-refractivity contribution in [3.63, 3.8) is 0 Å². The molecular weight excluding hydrogens is 763 g/mol. The monoisotopic (exact) mass is 848 g/mol. The number of allylic oxidation sites excluding steroid dienone is 2. The molecule has 2 aliphatic heterocycles. The van der Waals surface area contributed by atoms with E-state index in [4.69, 9.17) is 10.5 Å². The lowest BCUT2D eigenvalue weighted by Crippen LogP contribution is -2.95. The Labute approximate surface area is 368 Å². The molecule has 0 aromatic carbocycles. The number of nitrogens with two attached hydrogens (primary N) is 3. The summed E-state index contributed by atoms with van der Waals surface area (Å²) in [6.07, 6.45) is 28.3. The van der Waals surface area contributed by atoms with Gasteiger partial charge in [-0.25, -0.2) is 0 Å². The fourth-order valence-electron chi connectivity index (χ4n) is 15.2. The zero-order valence-corrected chi connectivity index (χ0v) is 37.9. The van der Waals surface area contributed by atoms with E-state index in [1.54, 1.807) is 7.11 Å². The lowest BCUT2D eigenvalue weighted by molar-refractivity contribution is -0.713. The fourth-order valence-corrected chi connectivity index (χ4v) is 15.2. The van der Waals surface area contributed by atoms with Crippen LogP contribution < -0.4 is 16.4 Å². The zero-order valence-electron chi connectivity index (χ0n) is 37.9. The molecule has 15 atom stereocenters. The van der Waals surface area contributed by atoms with E-state index in [1.165, 1.54) is 64.2 Å². The molecule has 0 radical (unpaired) electrons. The number of ether oxygens (including phenoxy) is 1. The first-order valence-electron chi connectivity index (χ1n) is 25.8. The van der Waals surface area contributed by atoms with Crippen LogP contribution in [-0.2, 0) is 14.3 Å². The third kappa shape index (κ3) is 10.7. The van der Waals surface area contributed by atoms with Gasteiger partial charge in [0.05, 0.1) is 50.0 Å². The molecule has 9 nitrogen and oxygen atoms in total. The Morgan fingerprint density at radius 3 is 2.48 bits per heavy atom. The number of rotatable bonds is 12. The molecule has 7 fully saturated rings. The molecule has 5 saturated carbocycles. The minimum Gasteiger partial charge on any atom is -0.393 e. The number of hydrogen-bond donors (Lipinski definition) is 6. The molecule has 6 aliphatic carbocycles. The fraction of sp³-hybridized carbons (Fsp3) is 0.885. The molecule has 8 rings (SSSR count). The lowest BCUT2D eigenvalue weighted by Gasteiger charge is -2.48. The maximum Gasteiger partial charge on any atom is 0.153 e. The third-order valence-corrected chi connectivity index (χ3v) is 18.9. The molecule has 342 valence electrons. The second-order valence-corrected chi connectivity index (χ2v) is 22.5. The Morgan fingerprint density at radius 2 is 1.70 bits per heavy atom. The normalized spacial score (nSPS) is 42.1. The summed E-state index contributed by atoms with van der Waals surface area (Å²) in [5.41, 5.74) is 5.72. The number of carbonyl (C=O) groups excluding carboxylic acids is 2. The van der Waals surface area contributed by atoms with Crippen molar-refractivity contribution in [3.05, 3.63) is 12.2 Å². The van der Waals surface area contributed by atoms with Crippen LogP contribution in [0.25, 0.3) is 0 Å². The summed E-state index contributed by atoms with van der Waals surface area (Å²) in [5.74, 6) is 11.2. The zero-order chi connectivity index (χ0) is 42.6. The van der Waals surface area contributed by atoms with E-state index in [2.05, 4.69) is 34.6 Å². The summed E-state index contributed by atoms with van der Waals surface area (Å²) >= 11 is 0. The van der Waals surface area contributed by atoms with Crippen LogP contribution in [0.2, 0.25) is 0 Å². The van der Waals surface area contributed by atoms with Crippen molar-refractivity contribution in [2.75, 3.05) is 20.2 Å². The number of piperidine rings is 2. The molecule has 0 bridgehead atoms. The van der Waals surface area contributed by atoms with Gasteiger partial charge < -0.3 is 30.7 Å². The first kappa shape index (κ1) is 45.9. The molecule has 2 heterocycles. The molecule has 9 N–H and O–H groups in total. The maximum absolute atomic E-state index is 14.5. The summed E-state index contributed by atoms with van der Waals surface area (Å²) in [4.78, 5) is 26.8. The SMILES string of the molecule is COC1CC2CCC(=O)[C@]3(C#C[C@H](CC[C@H](O)C[C@H](C=CC4CCCCC4)C4CC[NH2+]C(N)C4)C2CC1O)CC[C@@H](CC1([C@H]2C[NH2+][C@@H]4CC(=O)CC[C@H]4C2)CCCC1)C[C@H]3O. The largest absolute Gasteiger partial charge is 0.393 e. The van der Waals surface area contributed by atoms with Crippen molar-refractivity contribution in [1.82, 2.24) is 0 Å². The van der Waals surface area contributed by atoms with Crippen molar-refractivity contribution in [3.8, 4) is 11.8 Å². The Hall–Kier alpha value is -1.64. The van der Waals surface area contributed by atoms with E-state index < -0.39 is 23.7 Å². The average molecular weight is 848 g/mol. The predicted molar refractivity (Wildman–Crippen MR) is 237 cm³/mol. The van der Waals surface area contributed by atoms with Crippen LogP contribution in [-0.4, -0.2) is 83.7 Å². The highest BCUT2D eigenvalue weighted by Crippen LogP contribution is 2.55. The number of methoxy groups -OCH3 is 1. The van der Waals surface area contributed by atoms with Crippen molar-refractivity contribution >= 4 is 11.6 Å². The van der Waals surface area contributed by atoms with Gasteiger partial charge in [0.1, 0.15) is 17.4 Å². The molecule has 1 spiro atoms. The van der Waals surface area contributed by atoms with Gasteiger partial charge in [-0.2, -0.15) is 0 Å². The number of aliphatic hydroxyl groups excluding tert-OH is 3. The quantitative estimate of drug-likeness (QED) is 0.114. The number of ketones is 2. The Kier molecular flexibility index (Phi) is 15.6. The molecule has 6 unspecified atom stereocenters. The summed E-state index contributed by atoms with van der Waals surface area (Å²) in [7, 11) is 1.68. The van der Waals surface area contributed by atoms with Gasteiger partial charge in [-0.3, -0.25) is 15.3 Å². The van der Waals surface area contributed by atoms with Crippen molar-refractivity contribution in [1.29, 1.82) is 0 Å². The standard InChI is InChI=1S/C52H83N3O6/c1-61-47-28-39-13-16-48(59)52(22-17-35(25-49(52)60)32-51(20-5-6-21-51)41-26-40-12-15-43(57)30-45(40)55-33-41)23-18-36(44(39)31-46(47)58)11-14-42(56)27-37(38-19-24-54-50(53)29-38)10-9-34-7-3-2-4-8-34/h9-10,34-42,44-47,49-50,54-56,58,60H,2-8,11-17,19-22,24-33,53H2,1H3/p+2/t35-,36+,37+,38?,39?,40+,41-,42+,44?,45-,46?,47?,49-,50?,52-/m1/s1. The smallest absolute Gasteiger partial charge is 0.153 e. The van der Waals surface area contributed by atoms with Crippen LogP contribution in [0, 0.1) is 75.9 Å². The predicted octanol–water partition coefficient (Wildman–Crippen LogP) is 5.33. The second-order valence-electron chi connectivity index (χ2n) is 22.5. The Bertz CT molecular complexity index is 1560. The van der Waals surface area contributed by atoms with Crippen molar-refractivity contribution in [2.24, 2.45) is 69.8 Å². The Morgan fingerprint density at radius 1 is 0.902 bits per heavy atom. The number of Topliss-reactive ketones (excluding diaryl/α,β-unsaturated/α-hetero) is 2. The molecule has 8 aliphatic rings. The summed E-state index contributed by atoms with van der Waals surface area (Å²) in [5, 5.41) is 40.2. The molecule has 2 saturated heterocycles. The number of hydrogen-bond acceptors (Lipinski definition) is 7. The van der Waals surface area contributed by atoms with E-state index in [0.29, 0.717) is 91.3 Å². The van der Waals surface area contributed by atoms with Crippen LogP contribution in [0.5, 0.6) is 0 Å². The summed E-state index contributed by atoms with van der Waals surface area (Å²) in [6, 6.07) is 0.477. The second kappa shape index (κ2) is 20.7. The van der Waals surface area contributed by atoms with Crippen LogP contribution in [0.3, 0.4) is 0 Å². The third-order valence-electron chi connectivity index (χ3n) is 18.9. The lowest BCUT2D eigenvalue weighted by atomic mass is 9.58. The first-order chi connectivity index (χ1) is 29.5. The van der Waals surface area contributed by atoms with E-state index in [9.17, 15) is 24.9 Å². The number of carbonyl (C=O) groups is 2. The molecule has 9 heteroatoms. The number of fused-ring (bicyclic) bond motifs is 2. The molecule has 0 amide bonds. The summed E-state index contributed by atoms with van der Waals surface area (Å²) < 4.78 is 5.78. The summed E-state index contributed by atoms with van der Waals surface area (Å²) in [6.45, 7) is 2.17. The minimum absolute atomic E-state index is 0.0723. The van der Waals surface area contributed by atoms with Gasteiger partial charge in [0.15, 0.2) is 5.78 Å². The van der Waals surface area contributed by atoms with Gasteiger partial charge in [0.2, 0.25) is 0 Å². The van der Waals surface area contributed by atoms with E-state index in [1.807, 2.05) is 0 Å². The highest BCUT2D eigenvalue weighted by molar-refractivity contribution is 5.89. The van der Waals surface area contributed by atoms with Gasteiger partial charge in [0.25, 0.3) is 0 Å². The van der Waals surface area contributed by atoms with Crippen LogP contribution >= 0.6 is 0 Å². The van der Waals surface area contributed by atoms with Crippen molar-refractivity contribution < 1.29 is 40.3 Å². The Balaban J connectivity index is 0.970. The van der Waals surface area contributed by atoms with Gasteiger partial charge >= 0.3 is 0 Å². The maximum atomic E-state index is 14.5. The van der Waals surface area contributed by atoms with E-state index >= 15 is 0 Å². The topological polar surface area (TPSA) is 163 Å². The number of aliphatic hydroxyl groups is 3. The first-order valence-corrected chi connectivity index (χ1v) is 25.8. The molecular formula is C52H85N3O6+2. The van der Waals surface area contributed by atoms with Crippen LogP contribution in [0.4, 0.5) is 0 Å². The van der Waals surface area contributed by atoms with Gasteiger partial charge in [0, 0.05) is 50.5 Å². The van der Waals surface area contributed by atoms with Gasteiger partial charge in [-0.1, -0.05) is 56.1 Å². The highest BCUT2D eigenvalue weighted by atomic mass is 16.5. The van der Waals surface area contributed by atoms with Crippen molar-refractivity contribution in [2.45, 2.75) is 204 Å². The van der Waals surface area contributed by atoms with Gasteiger partial charge in [-0.05, 0) is 144 Å². The number of quaternary nitrogens is 2. The average Bonchev–Trinajstić information content (AvgIpc) is 3.75. The molecule has 0 aromatic heterocycles. The molecule has 0 aromatic rings. The van der Waals surface area contributed by atoms with E-state index in [-0.39, 0.29) is 35.8 Å². The molecule has 61 heavy (non-hydrogen) atoms. The highest BCUT2D eigenvalue weighted by Gasteiger charge is 2.53. The van der Waals surface area contributed by atoms with E-state index in [0.717, 1.165) is 77.3 Å². The van der Waals surface area contributed by atoms with Gasteiger partial charge in [-0.15, -0.1) is 0 Å². The minimum atomic E-state index is -1.05. The van der Waals surface area contributed by atoms with Crippen LogP contribution in [0.15, 0.2) is 12.2 Å². The van der Waals surface area contributed by atoms with Crippen LogP contribution in [0.1, 0.15) is 167 Å².